The first-order valence-electron chi connectivity index (χ1n) is 11.0. The maximum atomic E-state index is 12.8. The number of carbonyl (C=O) groups excluding carboxylic acids is 1. The Hall–Kier alpha value is -2.52. The number of nitrogens with one attached hydrogen (secondary N) is 1. The van der Waals surface area contributed by atoms with Gasteiger partial charge in [-0.1, -0.05) is 60.7 Å². The first kappa shape index (κ1) is 23.6. The first-order valence-corrected chi connectivity index (χ1v) is 13.4. The van der Waals surface area contributed by atoms with E-state index in [9.17, 15) is 13.2 Å². The van der Waals surface area contributed by atoms with Crippen LogP contribution in [0, 0.1) is 5.92 Å². The van der Waals surface area contributed by atoms with Crippen LogP contribution < -0.4 is 5.32 Å². The van der Waals surface area contributed by atoms with Crippen LogP contribution in [-0.2, 0) is 39.3 Å². The van der Waals surface area contributed by atoms with Crippen LogP contribution in [-0.4, -0.2) is 31.7 Å². The van der Waals surface area contributed by atoms with E-state index in [0.29, 0.717) is 49.9 Å². The number of carbonyl (C=O) groups is 1. The number of amides is 1. The SMILES string of the molecule is O=C(NCc1ccccc1COCc1ccccc1)C1CCN(S(=O)(=O)c2cccs2)CC1. The van der Waals surface area contributed by atoms with Crippen molar-refractivity contribution in [2.75, 3.05) is 13.1 Å². The van der Waals surface area contributed by atoms with E-state index in [-0.39, 0.29) is 11.8 Å². The molecule has 0 unspecified atom stereocenters. The number of hydrogen-bond acceptors (Lipinski definition) is 5. The Bertz CT molecular complexity index is 1140. The molecule has 2 aromatic carbocycles. The van der Waals surface area contributed by atoms with Gasteiger partial charge in [-0.15, -0.1) is 11.3 Å². The smallest absolute Gasteiger partial charge is 0.252 e. The maximum absolute atomic E-state index is 12.8. The van der Waals surface area contributed by atoms with Gasteiger partial charge in [-0.25, -0.2) is 8.42 Å². The molecule has 174 valence electrons. The van der Waals surface area contributed by atoms with Gasteiger partial charge in [0.25, 0.3) is 10.0 Å². The van der Waals surface area contributed by atoms with E-state index in [1.807, 2.05) is 54.6 Å². The molecule has 2 heterocycles. The van der Waals surface area contributed by atoms with Gasteiger partial charge >= 0.3 is 0 Å². The molecule has 1 aliphatic heterocycles. The highest BCUT2D eigenvalue weighted by Gasteiger charge is 2.32. The van der Waals surface area contributed by atoms with Gasteiger partial charge in [-0.3, -0.25) is 4.79 Å². The molecular formula is C25H28N2O4S2. The summed E-state index contributed by atoms with van der Waals surface area (Å²) < 4.78 is 33.1. The number of nitrogens with zero attached hydrogens (tertiary/aromatic N) is 1. The minimum atomic E-state index is -3.45. The average molecular weight is 485 g/mol. The van der Waals surface area contributed by atoms with E-state index in [1.54, 1.807) is 17.5 Å². The van der Waals surface area contributed by atoms with Crippen LogP contribution in [0.15, 0.2) is 76.3 Å². The van der Waals surface area contributed by atoms with E-state index in [1.165, 1.54) is 15.6 Å². The zero-order chi connectivity index (χ0) is 23.1. The summed E-state index contributed by atoms with van der Waals surface area (Å²) >= 11 is 1.22. The van der Waals surface area contributed by atoms with Gasteiger partial charge < -0.3 is 10.1 Å². The first-order chi connectivity index (χ1) is 16.0. The summed E-state index contributed by atoms with van der Waals surface area (Å²) in [6.45, 7) is 2.16. The van der Waals surface area contributed by atoms with Crippen LogP contribution in [0.3, 0.4) is 0 Å². The average Bonchev–Trinajstić information content (AvgIpc) is 3.40. The third kappa shape index (κ3) is 6.09. The predicted molar refractivity (Wildman–Crippen MR) is 129 cm³/mol. The molecule has 0 radical (unpaired) electrons. The second-order valence-electron chi connectivity index (χ2n) is 8.08. The second kappa shape index (κ2) is 11.1. The number of hydrogen-bond donors (Lipinski definition) is 1. The Labute approximate surface area is 199 Å². The van der Waals surface area contributed by atoms with Crippen LogP contribution in [0.4, 0.5) is 0 Å². The standard InChI is InChI=1S/C25H28N2O4S2/c28-25(21-12-14-27(15-13-21)33(29,30)24-11-6-16-32-24)26-17-22-9-4-5-10-23(22)19-31-18-20-7-2-1-3-8-20/h1-11,16,21H,12-15,17-19H2,(H,26,28). The summed E-state index contributed by atoms with van der Waals surface area (Å²) in [5, 5.41) is 4.80. The minimum absolute atomic E-state index is 0.0248. The third-order valence-corrected chi connectivity index (χ3v) is 9.13. The largest absolute Gasteiger partial charge is 0.372 e. The molecule has 0 spiro atoms. The lowest BCUT2D eigenvalue weighted by Gasteiger charge is -2.30. The number of sulfonamides is 1. The molecule has 3 aromatic rings. The molecule has 33 heavy (non-hydrogen) atoms. The number of piperidine rings is 1. The van der Waals surface area contributed by atoms with Crippen molar-refractivity contribution in [1.82, 2.24) is 9.62 Å². The lowest BCUT2D eigenvalue weighted by atomic mass is 9.97. The molecule has 1 aromatic heterocycles. The molecular weight excluding hydrogens is 456 g/mol. The molecule has 0 atom stereocenters. The van der Waals surface area contributed by atoms with Gasteiger partial charge in [0.15, 0.2) is 0 Å². The van der Waals surface area contributed by atoms with Gasteiger partial charge in [0.1, 0.15) is 4.21 Å². The maximum Gasteiger partial charge on any atom is 0.252 e. The van der Waals surface area contributed by atoms with E-state index >= 15 is 0 Å². The topological polar surface area (TPSA) is 75.7 Å². The highest BCUT2D eigenvalue weighted by Crippen LogP contribution is 2.26. The lowest BCUT2D eigenvalue weighted by molar-refractivity contribution is -0.126. The summed E-state index contributed by atoms with van der Waals surface area (Å²) in [4.78, 5) is 12.8. The summed E-state index contributed by atoms with van der Waals surface area (Å²) in [7, 11) is -3.45. The monoisotopic (exact) mass is 484 g/mol. The fourth-order valence-corrected chi connectivity index (χ4v) is 6.56. The third-order valence-electron chi connectivity index (χ3n) is 5.85. The van der Waals surface area contributed by atoms with Crippen molar-refractivity contribution in [3.05, 3.63) is 88.8 Å². The van der Waals surface area contributed by atoms with E-state index in [4.69, 9.17) is 4.74 Å². The Balaban J connectivity index is 1.26. The van der Waals surface area contributed by atoms with Crippen LogP contribution in [0.2, 0.25) is 0 Å². The van der Waals surface area contributed by atoms with Crippen molar-refractivity contribution in [1.29, 1.82) is 0 Å². The molecule has 1 fully saturated rings. The summed E-state index contributed by atoms with van der Waals surface area (Å²) in [5.74, 6) is -0.204. The van der Waals surface area contributed by atoms with Crippen molar-refractivity contribution in [3.8, 4) is 0 Å². The van der Waals surface area contributed by atoms with Gasteiger partial charge in [0.05, 0.1) is 13.2 Å². The molecule has 4 rings (SSSR count). The van der Waals surface area contributed by atoms with Gasteiger partial charge in [-0.2, -0.15) is 4.31 Å². The van der Waals surface area contributed by atoms with Crippen LogP contribution in [0.5, 0.6) is 0 Å². The molecule has 1 aliphatic rings. The normalized spacial score (nSPS) is 15.4. The number of benzene rings is 2. The van der Waals surface area contributed by atoms with Crippen molar-refractivity contribution in [3.63, 3.8) is 0 Å². The predicted octanol–water partition coefficient (Wildman–Crippen LogP) is 4.18. The van der Waals surface area contributed by atoms with Gasteiger partial charge in [-0.05, 0) is 41.0 Å². The van der Waals surface area contributed by atoms with Crippen molar-refractivity contribution in [2.45, 2.75) is 36.8 Å². The molecule has 1 N–H and O–H groups in total. The summed E-state index contributed by atoms with van der Waals surface area (Å²) in [6, 6.07) is 21.3. The van der Waals surface area contributed by atoms with Crippen LogP contribution in [0.25, 0.3) is 0 Å². The van der Waals surface area contributed by atoms with Gasteiger partial charge in [0, 0.05) is 25.6 Å². The van der Waals surface area contributed by atoms with Crippen molar-refractivity contribution in [2.24, 2.45) is 5.92 Å². The zero-order valence-corrected chi connectivity index (χ0v) is 20.0. The summed E-state index contributed by atoms with van der Waals surface area (Å²) in [5.41, 5.74) is 3.19. The number of thiophene rings is 1. The second-order valence-corrected chi connectivity index (χ2v) is 11.2. The Morgan fingerprint density at radius 3 is 2.33 bits per heavy atom. The lowest BCUT2D eigenvalue weighted by Crippen LogP contribution is -2.42. The van der Waals surface area contributed by atoms with Gasteiger partial charge in [0.2, 0.25) is 5.91 Å². The highest BCUT2D eigenvalue weighted by atomic mass is 32.2. The van der Waals surface area contributed by atoms with Crippen molar-refractivity contribution < 1.29 is 17.9 Å². The Kier molecular flexibility index (Phi) is 7.93. The molecule has 6 nitrogen and oxygen atoms in total. The number of rotatable bonds is 9. The molecule has 0 saturated carbocycles. The van der Waals surface area contributed by atoms with Crippen LogP contribution in [0.1, 0.15) is 29.5 Å². The highest BCUT2D eigenvalue weighted by molar-refractivity contribution is 7.91. The van der Waals surface area contributed by atoms with Crippen molar-refractivity contribution >= 4 is 27.3 Å². The quantitative estimate of drug-likeness (QED) is 0.494. The molecule has 1 saturated heterocycles. The molecule has 8 heteroatoms. The minimum Gasteiger partial charge on any atom is -0.372 e. The fraction of sp³-hybridized carbons (Fsp3) is 0.320. The Morgan fingerprint density at radius 1 is 0.939 bits per heavy atom. The zero-order valence-electron chi connectivity index (χ0n) is 18.4. The molecule has 0 bridgehead atoms. The fourth-order valence-electron chi connectivity index (χ4n) is 3.95. The summed E-state index contributed by atoms with van der Waals surface area (Å²) in [6.07, 6.45) is 1.05. The van der Waals surface area contributed by atoms with E-state index in [2.05, 4.69) is 5.32 Å². The van der Waals surface area contributed by atoms with E-state index in [0.717, 1.165) is 16.7 Å². The molecule has 0 aliphatic carbocycles. The van der Waals surface area contributed by atoms with Crippen LogP contribution >= 0.6 is 11.3 Å². The number of ether oxygens (including phenoxy) is 1. The van der Waals surface area contributed by atoms with E-state index < -0.39 is 10.0 Å². The Morgan fingerprint density at radius 2 is 1.64 bits per heavy atom. The molecule has 1 amide bonds.